The minimum absolute atomic E-state index is 0.233. The lowest BCUT2D eigenvalue weighted by Gasteiger charge is -2.08. The van der Waals surface area contributed by atoms with Crippen LogP contribution in [-0.2, 0) is 6.54 Å². The largest absolute Gasteiger partial charge is 0.380 e. The SMILES string of the molecule is Cc1cccc(CNc2ccc(C(=O)Nc3cccc(Br)c3)nc2)c1. The molecule has 3 rings (SSSR count). The fourth-order valence-corrected chi connectivity index (χ4v) is 2.82. The maximum absolute atomic E-state index is 12.2. The second-order valence-corrected chi connectivity index (χ2v) is 6.65. The van der Waals surface area contributed by atoms with Crippen LogP contribution in [0, 0.1) is 6.92 Å². The topological polar surface area (TPSA) is 54.0 Å². The Balaban J connectivity index is 1.60. The van der Waals surface area contributed by atoms with Crippen molar-refractivity contribution in [2.24, 2.45) is 0 Å². The molecule has 4 nitrogen and oxygen atoms in total. The molecule has 1 aromatic heterocycles. The highest BCUT2D eigenvalue weighted by atomic mass is 79.9. The number of halogens is 1. The van der Waals surface area contributed by atoms with E-state index in [1.54, 1.807) is 12.3 Å². The van der Waals surface area contributed by atoms with Gasteiger partial charge < -0.3 is 10.6 Å². The second kappa shape index (κ2) is 7.94. The standard InChI is InChI=1S/C20H18BrN3O/c1-14-4-2-5-15(10-14)12-22-18-8-9-19(23-13-18)20(25)24-17-7-3-6-16(21)11-17/h2-11,13,22H,12H2,1H3,(H,24,25). The summed E-state index contributed by atoms with van der Waals surface area (Å²) in [5.74, 6) is -0.233. The number of nitrogens with zero attached hydrogens (tertiary/aromatic N) is 1. The number of aryl methyl sites for hydroxylation is 1. The number of carbonyl (C=O) groups is 1. The van der Waals surface area contributed by atoms with Gasteiger partial charge in [-0.1, -0.05) is 51.8 Å². The quantitative estimate of drug-likeness (QED) is 0.637. The molecule has 0 radical (unpaired) electrons. The summed E-state index contributed by atoms with van der Waals surface area (Å²) in [5.41, 5.74) is 4.41. The van der Waals surface area contributed by atoms with E-state index in [1.807, 2.05) is 36.4 Å². The normalized spacial score (nSPS) is 10.3. The second-order valence-electron chi connectivity index (χ2n) is 5.74. The number of benzene rings is 2. The van der Waals surface area contributed by atoms with Gasteiger partial charge in [0.15, 0.2) is 0 Å². The van der Waals surface area contributed by atoms with Gasteiger partial charge in [0.1, 0.15) is 5.69 Å². The molecular weight excluding hydrogens is 378 g/mol. The number of hydrogen-bond donors (Lipinski definition) is 2. The van der Waals surface area contributed by atoms with Crippen LogP contribution in [-0.4, -0.2) is 10.9 Å². The van der Waals surface area contributed by atoms with E-state index in [0.29, 0.717) is 12.2 Å². The van der Waals surface area contributed by atoms with E-state index in [4.69, 9.17) is 0 Å². The van der Waals surface area contributed by atoms with Crippen LogP contribution in [0.3, 0.4) is 0 Å². The van der Waals surface area contributed by atoms with Gasteiger partial charge in [-0.05, 0) is 42.8 Å². The maximum Gasteiger partial charge on any atom is 0.274 e. The Morgan fingerprint density at radius 3 is 2.60 bits per heavy atom. The highest BCUT2D eigenvalue weighted by Gasteiger charge is 2.08. The zero-order chi connectivity index (χ0) is 17.6. The lowest BCUT2D eigenvalue weighted by Crippen LogP contribution is -2.13. The molecule has 0 atom stereocenters. The Hall–Kier alpha value is -2.66. The van der Waals surface area contributed by atoms with Gasteiger partial charge in [0, 0.05) is 16.7 Å². The summed E-state index contributed by atoms with van der Waals surface area (Å²) in [6.07, 6.45) is 1.67. The van der Waals surface area contributed by atoms with Gasteiger partial charge in [0.05, 0.1) is 11.9 Å². The van der Waals surface area contributed by atoms with Gasteiger partial charge in [-0.2, -0.15) is 0 Å². The van der Waals surface area contributed by atoms with Crippen LogP contribution in [0.2, 0.25) is 0 Å². The van der Waals surface area contributed by atoms with Crippen LogP contribution < -0.4 is 10.6 Å². The fourth-order valence-electron chi connectivity index (χ4n) is 2.42. The smallest absolute Gasteiger partial charge is 0.274 e. The number of rotatable bonds is 5. The van der Waals surface area contributed by atoms with Gasteiger partial charge >= 0.3 is 0 Å². The van der Waals surface area contributed by atoms with E-state index >= 15 is 0 Å². The van der Waals surface area contributed by atoms with Crippen molar-refractivity contribution in [2.75, 3.05) is 10.6 Å². The molecule has 3 aromatic rings. The van der Waals surface area contributed by atoms with E-state index < -0.39 is 0 Å². The average Bonchev–Trinajstić information content (AvgIpc) is 2.60. The third kappa shape index (κ3) is 4.90. The Bertz CT molecular complexity index is 878. The molecule has 25 heavy (non-hydrogen) atoms. The Labute approximate surface area is 155 Å². The van der Waals surface area contributed by atoms with Crippen LogP contribution in [0.4, 0.5) is 11.4 Å². The fraction of sp³-hybridized carbons (Fsp3) is 0.100. The molecule has 0 aliphatic rings. The summed E-state index contributed by atoms with van der Waals surface area (Å²) in [7, 11) is 0. The number of nitrogens with one attached hydrogen (secondary N) is 2. The number of pyridine rings is 1. The van der Waals surface area contributed by atoms with Crippen LogP contribution in [0.5, 0.6) is 0 Å². The number of carbonyl (C=O) groups excluding carboxylic acids is 1. The highest BCUT2D eigenvalue weighted by Crippen LogP contribution is 2.17. The number of amides is 1. The molecule has 1 amide bonds. The van der Waals surface area contributed by atoms with E-state index in [-0.39, 0.29) is 5.91 Å². The predicted octanol–water partition coefficient (Wildman–Crippen LogP) is 5.02. The average molecular weight is 396 g/mol. The maximum atomic E-state index is 12.2. The number of hydrogen-bond acceptors (Lipinski definition) is 3. The van der Waals surface area contributed by atoms with Crippen molar-refractivity contribution in [3.8, 4) is 0 Å². The summed E-state index contributed by atoms with van der Waals surface area (Å²) in [4.78, 5) is 16.5. The van der Waals surface area contributed by atoms with E-state index in [9.17, 15) is 4.79 Å². The molecule has 2 aromatic carbocycles. The zero-order valence-electron chi connectivity index (χ0n) is 13.8. The molecule has 0 aliphatic heterocycles. The Morgan fingerprint density at radius 2 is 1.88 bits per heavy atom. The summed E-state index contributed by atoms with van der Waals surface area (Å²) in [6, 6.07) is 19.4. The van der Waals surface area contributed by atoms with Crippen molar-refractivity contribution in [3.63, 3.8) is 0 Å². The summed E-state index contributed by atoms with van der Waals surface area (Å²) in [5, 5.41) is 6.14. The van der Waals surface area contributed by atoms with Gasteiger partial charge in [-0.3, -0.25) is 4.79 Å². The van der Waals surface area contributed by atoms with E-state index in [0.717, 1.165) is 15.8 Å². The number of anilines is 2. The van der Waals surface area contributed by atoms with Crippen molar-refractivity contribution < 1.29 is 4.79 Å². The number of aromatic nitrogens is 1. The predicted molar refractivity (Wildman–Crippen MR) is 105 cm³/mol. The van der Waals surface area contributed by atoms with Crippen molar-refractivity contribution in [1.82, 2.24) is 4.98 Å². The van der Waals surface area contributed by atoms with E-state index in [1.165, 1.54) is 11.1 Å². The Kier molecular flexibility index (Phi) is 5.46. The van der Waals surface area contributed by atoms with Gasteiger partial charge in [0.2, 0.25) is 0 Å². The first kappa shape index (κ1) is 17.2. The van der Waals surface area contributed by atoms with Crippen LogP contribution >= 0.6 is 15.9 Å². The molecule has 0 unspecified atom stereocenters. The molecular formula is C20H18BrN3O. The third-order valence-corrected chi connectivity index (χ3v) is 4.15. The monoisotopic (exact) mass is 395 g/mol. The van der Waals surface area contributed by atoms with Gasteiger partial charge in [-0.25, -0.2) is 4.98 Å². The molecule has 2 N–H and O–H groups in total. The molecule has 0 saturated carbocycles. The molecule has 0 aliphatic carbocycles. The van der Waals surface area contributed by atoms with Gasteiger partial charge in [-0.15, -0.1) is 0 Å². The van der Waals surface area contributed by atoms with Gasteiger partial charge in [0.25, 0.3) is 5.91 Å². The highest BCUT2D eigenvalue weighted by molar-refractivity contribution is 9.10. The molecule has 126 valence electrons. The molecule has 0 fully saturated rings. The van der Waals surface area contributed by atoms with Crippen molar-refractivity contribution in [3.05, 3.63) is 88.2 Å². The Morgan fingerprint density at radius 1 is 1.04 bits per heavy atom. The summed E-state index contributed by atoms with van der Waals surface area (Å²) >= 11 is 3.38. The third-order valence-electron chi connectivity index (χ3n) is 3.66. The first-order valence-electron chi connectivity index (χ1n) is 7.92. The zero-order valence-corrected chi connectivity index (χ0v) is 15.4. The van der Waals surface area contributed by atoms with Crippen molar-refractivity contribution >= 4 is 33.2 Å². The lowest BCUT2D eigenvalue weighted by atomic mass is 10.1. The summed E-state index contributed by atoms with van der Waals surface area (Å²) in [6.45, 7) is 2.79. The summed E-state index contributed by atoms with van der Waals surface area (Å²) < 4.78 is 0.911. The first-order chi connectivity index (χ1) is 12.1. The van der Waals surface area contributed by atoms with E-state index in [2.05, 4.69) is 56.7 Å². The minimum atomic E-state index is -0.233. The van der Waals surface area contributed by atoms with Crippen molar-refractivity contribution in [1.29, 1.82) is 0 Å². The van der Waals surface area contributed by atoms with Crippen LogP contribution in [0.25, 0.3) is 0 Å². The molecule has 1 heterocycles. The van der Waals surface area contributed by atoms with Crippen LogP contribution in [0.1, 0.15) is 21.6 Å². The van der Waals surface area contributed by atoms with Crippen molar-refractivity contribution in [2.45, 2.75) is 13.5 Å². The first-order valence-corrected chi connectivity index (χ1v) is 8.72. The molecule has 0 bridgehead atoms. The molecule has 5 heteroatoms. The molecule has 0 saturated heterocycles. The lowest BCUT2D eigenvalue weighted by molar-refractivity contribution is 0.102. The van der Waals surface area contributed by atoms with Crippen LogP contribution in [0.15, 0.2) is 71.3 Å². The molecule has 0 spiro atoms. The minimum Gasteiger partial charge on any atom is -0.380 e.